The lowest BCUT2D eigenvalue weighted by Gasteiger charge is -2.23. The number of aliphatic carboxylic acids is 1. The van der Waals surface area contributed by atoms with Gasteiger partial charge in [-0.15, -0.1) is 0 Å². The second-order valence-electron chi connectivity index (χ2n) is 7.21. The van der Waals surface area contributed by atoms with E-state index in [0.29, 0.717) is 30.0 Å². The SMILES string of the molecule is CC(C)(C)c1cc(CCC(=O)O)cc(NN=C2C=CCCC2=N)c1O. The fourth-order valence-corrected chi connectivity index (χ4v) is 2.62. The number of allylic oxidation sites excluding steroid dienone is 2. The number of aromatic hydroxyl groups is 1. The zero-order valence-corrected chi connectivity index (χ0v) is 14.9. The first-order chi connectivity index (χ1) is 11.7. The molecule has 6 heteroatoms. The van der Waals surface area contributed by atoms with Crippen LogP contribution in [-0.4, -0.2) is 27.6 Å². The Balaban J connectivity index is 2.37. The normalized spacial score (nSPS) is 16.3. The molecule has 0 saturated carbocycles. The highest BCUT2D eigenvalue weighted by molar-refractivity contribution is 6.46. The zero-order chi connectivity index (χ0) is 18.6. The summed E-state index contributed by atoms with van der Waals surface area (Å²) in [6.07, 6.45) is 5.63. The number of carboxylic acids is 1. The van der Waals surface area contributed by atoms with E-state index in [1.165, 1.54) is 0 Å². The Morgan fingerprint density at radius 2 is 2.08 bits per heavy atom. The minimum Gasteiger partial charge on any atom is -0.505 e. The Kier molecular flexibility index (Phi) is 5.62. The molecule has 0 unspecified atom stereocenters. The third-order valence-electron chi connectivity index (χ3n) is 4.05. The molecule has 1 aliphatic rings. The first kappa shape index (κ1) is 18.7. The third kappa shape index (κ3) is 4.92. The summed E-state index contributed by atoms with van der Waals surface area (Å²) in [7, 11) is 0. The second-order valence-corrected chi connectivity index (χ2v) is 7.21. The molecule has 1 aromatic rings. The summed E-state index contributed by atoms with van der Waals surface area (Å²) < 4.78 is 0. The summed E-state index contributed by atoms with van der Waals surface area (Å²) in [6.45, 7) is 5.95. The predicted molar refractivity (Wildman–Crippen MR) is 99.9 cm³/mol. The van der Waals surface area contributed by atoms with E-state index in [0.717, 1.165) is 17.5 Å². The van der Waals surface area contributed by atoms with Crippen LogP contribution in [0.5, 0.6) is 5.75 Å². The number of anilines is 1. The van der Waals surface area contributed by atoms with Crippen LogP contribution in [0.3, 0.4) is 0 Å². The number of carboxylic acid groups (broad SMARTS) is 1. The molecule has 0 heterocycles. The Morgan fingerprint density at radius 3 is 2.68 bits per heavy atom. The Labute approximate surface area is 147 Å². The Hall–Kier alpha value is -2.63. The average molecular weight is 343 g/mol. The van der Waals surface area contributed by atoms with Gasteiger partial charge in [-0.1, -0.05) is 32.9 Å². The molecule has 0 spiro atoms. The van der Waals surface area contributed by atoms with Crippen molar-refractivity contribution >= 4 is 23.1 Å². The molecule has 0 radical (unpaired) electrons. The number of phenols is 1. The van der Waals surface area contributed by atoms with Gasteiger partial charge in [-0.3, -0.25) is 10.2 Å². The van der Waals surface area contributed by atoms with Crippen LogP contribution < -0.4 is 5.43 Å². The molecule has 25 heavy (non-hydrogen) atoms. The largest absolute Gasteiger partial charge is 0.505 e. The van der Waals surface area contributed by atoms with Crippen LogP contribution in [0, 0.1) is 5.41 Å². The van der Waals surface area contributed by atoms with Crippen molar-refractivity contribution in [3.8, 4) is 5.75 Å². The van der Waals surface area contributed by atoms with E-state index in [1.807, 2.05) is 32.9 Å². The number of nitrogens with zero attached hydrogens (tertiary/aromatic N) is 1. The number of carbonyl (C=O) groups is 1. The predicted octanol–water partition coefficient (Wildman–Crippen LogP) is 3.84. The van der Waals surface area contributed by atoms with Gasteiger partial charge in [0, 0.05) is 12.0 Å². The van der Waals surface area contributed by atoms with Crippen molar-refractivity contribution in [3.63, 3.8) is 0 Å². The molecule has 0 aromatic heterocycles. The number of nitrogens with one attached hydrogen (secondary N) is 2. The number of phenolic OH excluding ortho intramolecular Hbond substituents is 1. The van der Waals surface area contributed by atoms with E-state index in [9.17, 15) is 9.90 Å². The van der Waals surface area contributed by atoms with Crippen molar-refractivity contribution in [3.05, 3.63) is 35.4 Å². The number of aryl methyl sites for hydroxylation is 1. The lowest BCUT2D eigenvalue weighted by atomic mass is 9.84. The quantitative estimate of drug-likeness (QED) is 0.481. The van der Waals surface area contributed by atoms with Crippen molar-refractivity contribution in [2.24, 2.45) is 5.10 Å². The molecule has 0 saturated heterocycles. The van der Waals surface area contributed by atoms with Gasteiger partial charge in [0.05, 0.1) is 11.4 Å². The van der Waals surface area contributed by atoms with Gasteiger partial charge < -0.3 is 15.6 Å². The maximum atomic E-state index is 10.9. The molecule has 134 valence electrons. The number of hydrazone groups is 1. The summed E-state index contributed by atoms with van der Waals surface area (Å²) in [5.74, 6) is -0.761. The summed E-state index contributed by atoms with van der Waals surface area (Å²) in [4.78, 5) is 10.9. The van der Waals surface area contributed by atoms with Crippen LogP contribution >= 0.6 is 0 Å². The number of hydrogen-bond acceptors (Lipinski definition) is 5. The second kappa shape index (κ2) is 7.51. The number of benzene rings is 1. The lowest BCUT2D eigenvalue weighted by molar-refractivity contribution is -0.136. The van der Waals surface area contributed by atoms with Gasteiger partial charge >= 0.3 is 5.97 Å². The topological polar surface area (TPSA) is 106 Å². The summed E-state index contributed by atoms with van der Waals surface area (Å²) in [6, 6.07) is 3.56. The van der Waals surface area contributed by atoms with E-state index >= 15 is 0 Å². The molecule has 0 aliphatic heterocycles. The molecule has 0 amide bonds. The van der Waals surface area contributed by atoms with E-state index < -0.39 is 5.97 Å². The highest BCUT2D eigenvalue weighted by Gasteiger charge is 2.22. The van der Waals surface area contributed by atoms with Crippen molar-refractivity contribution in [2.75, 3.05) is 5.43 Å². The van der Waals surface area contributed by atoms with Gasteiger partial charge in [-0.2, -0.15) is 5.10 Å². The molecule has 0 fully saturated rings. The van der Waals surface area contributed by atoms with Crippen LogP contribution in [0.2, 0.25) is 0 Å². The van der Waals surface area contributed by atoms with Crippen LogP contribution in [0.25, 0.3) is 0 Å². The molecular formula is C19H25N3O3. The minimum absolute atomic E-state index is 0.0235. The fraction of sp³-hybridized carbons (Fsp3) is 0.421. The molecule has 1 aromatic carbocycles. The summed E-state index contributed by atoms with van der Waals surface area (Å²) >= 11 is 0. The molecule has 1 aliphatic carbocycles. The van der Waals surface area contributed by atoms with Gasteiger partial charge in [0.2, 0.25) is 0 Å². The van der Waals surface area contributed by atoms with E-state index in [-0.39, 0.29) is 17.6 Å². The van der Waals surface area contributed by atoms with Gasteiger partial charge in [-0.05, 0) is 42.4 Å². The summed E-state index contributed by atoms with van der Waals surface area (Å²) in [5, 5.41) is 31.7. The van der Waals surface area contributed by atoms with Gasteiger partial charge in [0.15, 0.2) is 0 Å². The number of hydrogen-bond donors (Lipinski definition) is 4. The molecule has 4 N–H and O–H groups in total. The Morgan fingerprint density at radius 1 is 1.36 bits per heavy atom. The van der Waals surface area contributed by atoms with Crippen molar-refractivity contribution in [1.29, 1.82) is 5.41 Å². The van der Waals surface area contributed by atoms with Crippen LogP contribution in [-0.2, 0) is 16.6 Å². The maximum absolute atomic E-state index is 10.9. The fourth-order valence-electron chi connectivity index (χ4n) is 2.62. The van der Waals surface area contributed by atoms with Crippen LogP contribution in [0.4, 0.5) is 5.69 Å². The Bertz CT molecular complexity index is 743. The van der Waals surface area contributed by atoms with Crippen LogP contribution in [0.15, 0.2) is 29.4 Å². The van der Waals surface area contributed by atoms with Crippen LogP contribution in [0.1, 0.15) is 51.2 Å². The number of rotatable bonds is 5. The van der Waals surface area contributed by atoms with Gasteiger partial charge in [0.25, 0.3) is 0 Å². The highest BCUT2D eigenvalue weighted by atomic mass is 16.4. The standard InChI is InChI=1S/C19H25N3O3/c1-19(2,3)13-10-12(8-9-17(23)24)11-16(18(13)25)22-21-15-7-5-4-6-14(15)20/h5,7,10-11,20,22,25H,4,6,8-9H2,1-3H3,(H,23,24). The molecule has 6 nitrogen and oxygen atoms in total. The first-order valence-electron chi connectivity index (χ1n) is 8.34. The van der Waals surface area contributed by atoms with Crippen molar-refractivity contribution < 1.29 is 15.0 Å². The monoisotopic (exact) mass is 343 g/mol. The van der Waals surface area contributed by atoms with E-state index in [2.05, 4.69) is 10.5 Å². The zero-order valence-electron chi connectivity index (χ0n) is 14.9. The third-order valence-corrected chi connectivity index (χ3v) is 4.05. The molecule has 0 atom stereocenters. The maximum Gasteiger partial charge on any atom is 0.303 e. The molecular weight excluding hydrogens is 318 g/mol. The van der Waals surface area contributed by atoms with Crippen molar-refractivity contribution in [1.82, 2.24) is 0 Å². The summed E-state index contributed by atoms with van der Waals surface area (Å²) in [5.41, 5.74) is 5.52. The average Bonchev–Trinajstić information content (AvgIpc) is 2.52. The molecule has 2 rings (SSSR count). The first-order valence-corrected chi connectivity index (χ1v) is 8.34. The minimum atomic E-state index is -0.860. The van der Waals surface area contributed by atoms with E-state index in [1.54, 1.807) is 12.1 Å². The highest BCUT2D eigenvalue weighted by Crippen LogP contribution is 2.37. The van der Waals surface area contributed by atoms with Gasteiger partial charge in [-0.25, -0.2) is 0 Å². The molecule has 0 bridgehead atoms. The van der Waals surface area contributed by atoms with Crippen molar-refractivity contribution in [2.45, 2.75) is 51.9 Å². The smallest absolute Gasteiger partial charge is 0.303 e. The lowest BCUT2D eigenvalue weighted by Crippen LogP contribution is -2.16. The van der Waals surface area contributed by atoms with E-state index in [4.69, 9.17) is 10.5 Å². The van der Waals surface area contributed by atoms with Gasteiger partial charge in [0.1, 0.15) is 11.5 Å².